The highest BCUT2D eigenvalue weighted by Crippen LogP contribution is 2.09. The van der Waals surface area contributed by atoms with Gasteiger partial charge in [0.25, 0.3) is 5.91 Å². The number of anilines is 1. The molecule has 1 N–H and O–H groups in total. The van der Waals surface area contributed by atoms with Crippen molar-refractivity contribution in [1.82, 2.24) is 0 Å². The Kier molecular flexibility index (Phi) is 3.97. The molecule has 0 aliphatic rings. The van der Waals surface area contributed by atoms with Gasteiger partial charge in [0, 0.05) is 5.69 Å². The Bertz CT molecular complexity index is 575. The Hall–Kier alpha value is -2.56. The Morgan fingerprint density at radius 3 is 2.79 bits per heavy atom. The lowest BCUT2D eigenvalue weighted by Crippen LogP contribution is -2.20. The van der Waals surface area contributed by atoms with Gasteiger partial charge >= 0.3 is 5.97 Å². The van der Waals surface area contributed by atoms with E-state index in [1.807, 2.05) is 25.1 Å². The van der Waals surface area contributed by atoms with Crippen LogP contribution in [-0.4, -0.2) is 18.5 Å². The Balaban J connectivity index is 1.83. The normalized spacial score (nSPS) is 9.95. The molecule has 1 amide bonds. The fourth-order valence-electron chi connectivity index (χ4n) is 1.52. The minimum absolute atomic E-state index is 0.0726. The summed E-state index contributed by atoms with van der Waals surface area (Å²) in [5, 5.41) is 2.64. The molecule has 98 valence electrons. The number of hydrogen-bond acceptors (Lipinski definition) is 4. The maximum absolute atomic E-state index is 11.6. The molecule has 0 fully saturated rings. The largest absolute Gasteiger partial charge is 0.457 e. The highest BCUT2D eigenvalue weighted by Gasteiger charge is 2.12. The first-order chi connectivity index (χ1) is 9.15. The average molecular weight is 259 g/mol. The molecule has 0 bridgehead atoms. The summed E-state index contributed by atoms with van der Waals surface area (Å²) in [5.41, 5.74) is 1.70. The van der Waals surface area contributed by atoms with Gasteiger partial charge in [0.2, 0.25) is 5.76 Å². The van der Waals surface area contributed by atoms with E-state index in [-0.39, 0.29) is 12.4 Å². The summed E-state index contributed by atoms with van der Waals surface area (Å²) < 4.78 is 9.66. The van der Waals surface area contributed by atoms with Crippen LogP contribution in [0.3, 0.4) is 0 Å². The second-order valence-corrected chi connectivity index (χ2v) is 3.97. The number of esters is 1. The number of nitrogens with one attached hydrogen (secondary N) is 1. The first kappa shape index (κ1) is 12.9. The van der Waals surface area contributed by atoms with Crippen molar-refractivity contribution in [2.45, 2.75) is 6.92 Å². The third-order valence-corrected chi connectivity index (χ3v) is 2.36. The SMILES string of the molecule is Cc1cccc(NC(=O)COC(=O)c2ccco2)c1. The van der Waals surface area contributed by atoms with Crippen LogP contribution in [0, 0.1) is 6.92 Å². The Morgan fingerprint density at radius 2 is 2.11 bits per heavy atom. The monoisotopic (exact) mass is 259 g/mol. The number of rotatable bonds is 4. The Labute approximate surface area is 110 Å². The zero-order valence-corrected chi connectivity index (χ0v) is 10.4. The smallest absolute Gasteiger partial charge is 0.374 e. The number of carbonyl (C=O) groups excluding carboxylic acids is 2. The van der Waals surface area contributed by atoms with Crippen LogP contribution in [0.4, 0.5) is 5.69 Å². The van der Waals surface area contributed by atoms with Crippen LogP contribution >= 0.6 is 0 Å². The summed E-state index contributed by atoms with van der Waals surface area (Å²) in [6, 6.07) is 10.4. The van der Waals surface area contributed by atoms with E-state index in [2.05, 4.69) is 5.32 Å². The molecule has 5 heteroatoms. The van der Waals surface area contributed by atoms with Gasteiger partial charge in [-0.25, -0.2) is 4.79 Å². The van der Waals surface area contributed by atoms with E-state index in [9.17, 15) is 9.59 Å². The number of hydrogen-bond donors (Lipinski definition) is 1. The van der Waals surface area contributed by atoms with Crippen molar-refractivity contribution in [3.8, 4) is 0 Å². The minimum Gasteiger partial charge on any atom is -0.457 e. The van der Waals surface area contributed by atoms with Crippen molar-refractivity contribution >= 4 is 17.6 Å². The summed E-state index contributed by atoms with van der Waals surface area (Å²) in [6.45, 7) is 1.57. The zero-order chi connectivity index (χ0) is 13.7. The maximum Gasteiger partial charge on any atom is 0.374 e. The number of furan rings is 1. The number of aryl methyl sites for hydroxylation is 1. The van der Waals surface area contributed by atoms with E-state index in [1.54, 1.807) is 12.1 Å². The van der Waals surface area contributed by atoms with Gasteiger partial charge in [0.05, 0.1) is 6.26 Å². The highest BCUT2D eigenvalue weighted by atomic mass is 16.5. The molecule has 0 spiro atoms. The van der Waals surface area contributed by atoms with E-state index in [0.29, 0.717) is 5.69 Å². The van der Waals surface area contributed by atoms with Gasteiger partial charge in [-0.15, -0.1) is 0 Å². The fraction of sp³-hybridized carbons (Fsp3) is 0.143. The van der Waals surface area contributed by atoms with Crippen molar-refractivity contribution in [1.29, 1.82) is 0 Å². The van der Waals surface area contributed by atoms with Gasteiger partial charge in [-0.2, -0.15) is 0 Å². The van der Waals surface area contributed by atoms with Gasteiger partial charge in [-0.1, -0.05) is 12.1 Å². The lowest BCUT2D eigenvalue weighted by molar-refractivity contribution is -0.119. The quantitative estimate of drug-likeness (QED) is 0.856. The van der Waals surface area contributed by atoms with Crippen LogP contribution in [-0.2, 0) is 9.53 Å². The molecule has 2 rings (SSSR count). The standard InChI is InChI=1S/C14H13NO4/c1-10-4-2-5-11(8-10)15-13(16)9-19-14(17)12-6-3-7-18-12/h2-8H,9H2,1H3,(H,15,16). The lowest BCUT2D eigenvalue weighted by atomic mass is 10.2. The average Bonchev–Trinajstić information content (AvgIpc) is 2.90. The van der Waals surface area contributed by atoms with Crippen LogP contribution < -0.4 is 5.32 Å². The summed E-state index contributed by atoms with van der Waals surface area (Å²) >= 11 is 0. The molecule has 0 aliphatic carbocycles. The number of ether oxygens (including phenoxy) is 1. The van der Waals surface area contributed by atoms with Gasteiger partial charge in [-0.05, 0) is 36.8 Å². The van der Waals surface area contributed by atoms with Gasteiger partial charge in [0.15, 0.2) is 6.61 Å². The zero-order valence-electron chi connectivity index (χ0n) is 10.4. The van der Waals surface area contributed by atoms with E-state index in [4.69, 9.17) is 9.15 Å². The topological polar surface area (TPSA) is 68.5 Å². The van der Waals surface area contributed by atoms with Crippen LogP contribution in [0.1, 0.15) is 16.1 Å². The molecule has 1 aromatic carbocycles. The van der Waals surface area contributed by atoms with E-state index < -0.39 is 11.9 Å². The van der Waals surface area contributed by atoms with Crippen LogP contribution in [0.5, 0.6) is 0 Å². The third-order valence-electron chi connectivity index (χ3n) is 2.36. The van der Waals surface area contributed by atoms with Crippen molar-refractivity contribution in [2.24, 2.45) is 0 Å². The molecule has 0 saturated heterocycles. The third kappa shape index (κ3) is 3.70. The molecule has 19 heavy (non-hydrogen) atoms. The number of benzene rings is 1. The Morgan fingerprint density at radius 1 is 1.26 bits per heavy atom. The molecule has 1 heterocycles. The first-order valence-corrected chi connectivity index (χ1v) is 5.72. The summed E-state index contributed by atoms with van der Waals surface area (Å²) in [4.78, 5) is 23.0. The highest BCUT2D eigenvalue weighted by molar-refractivity contribution is 5.94. The molecule has 1 aromatic heterocycles. The summed E-state index contributed by atoms with van der Waals surface area (Å²) in [7, 11) is 0. The molecular formula is C14H13NO4. The molecule has 0 unspecified atom stereocenters. The predicted octanol–water partition coefficient (Wildman–Crippen LogP) is 2.38. The number of amides is 1. The van der Waals surface area contributed by atoms with Crippen LogP contribution in [0.2, 0.25) is 0 Å². The number of carbonyl (C=O) groups is 2. The fourth-order valence-corrected chi connectivity index (χ4v) is 1.52. The van der Waals surface area contributed by atoms with E-state index >= 15 is 0 Å². The molecule has 2 aromatic rings. The maximum atomic E-state index is 11.6. The first-order valence-electron chi connectivity index (χ1n) is 5.72. The predicted molar refractivity (Wildman–Crippen MR) is 68.8 cm³/mol. The van der Waals surface area contributed by atoms with Crippen LogP contribution in [0.15, 0.2) is 47.1 Å². The molecule has 0 radical (unpaired) electrons. The van der Waals surface area contributed by atoms with E-state index in [0.717, 1.165) is 5.56 Å². The van der Waals surface area contributed by atoms with Crippen molar-refractivity contribution in [3.05, 3.63) is 54.0 Å². The van der Waals surface area contributed by atoms with Crippen molar-refractivity contribution in [3.63, 3.8) is 0 Å². The summed E-state index contributed by atoms with van der Waals surface area (Å²) in [6.07, 6.45) is 1.36. The van der Waals surface area contributed by atoms with Gasteiger partial charge in [0.1, 0.15) is 0 Å². The van der Waals surface area contributed by atoms with Crippen molar-refractivity contribution < 1.29 is 18.7 Å². The second-order valence-electron chi connectivity index (χ2n) is 3.97. The summed E-state index contributed by atoms with van der Waals surface area (Å²) in [5.74, 6) is -0.988. The molecular weight excluding hydrogens is 246 g/mol. The molecule has 0 saturated carbocycles. The minimum atomic E-state index is -0.663. The van der Waals surface area contributed by atoms with Gasteiger partial charge in [-0.3, -0.25) is 4.79 Å². The second kappa shape index (κ2) is 5.86. The van der Waals surface area contributed by atoms with Gasteiger partial charge < -0.3 is 14.5 Å². The molecule has 0 atom stereocenters. The van der Waals surface area contributed by atoms with Crippen molar-refractivity contribution in [2.75, 3.05) is 11.9 Å². The molecule has 5 nitrogen and oxygen atoms in total. The van der Waals surface area contributed by atoms with Crippen LogP contribution in [0.25, 0.3) is 0 Å². The lowest BCUT2D eigenvalue weighted by Gasteiger charge is -2.06. The van der Waals surface area contributed by atoms with E-state index in [1.165, 1.54) is 12.3 Å². The molecule has 0 aliphatic heterocycles.